The van der Waals surface area contributed by atoms with E-state index >= 15 is 0 Å². The van der Waals surface area contributed by atoms with Crippen LogP contribution in [0.25, 0.3) is 0 Å². The summed E-state index contributed by atoms with van der Waals surface area (Å²) >= 11 is 0. The highest BCUT2D eigenvalue weighted by Gasteiger charge is 2.10. The molecule has 3 nitrogen and oxygen atoms in total. The highest BCUT2D eigenvalue weighted by atomic mass is 16.5. The van der Waals surface area contributed by atoms with Gasteiger partial charge < -0.3 is 14.8 Å². The van der Waals surface area contributed by atoms with Crippen molar-refractivity contribution in [1.82, 2.24) is 5.32 Å². The Morgan fingerprint density at radius 3 is 3.14 bits per heavy atom. The molecule has 2 atom stereocenters. The summed E-state index contributed by atoms with van der Waals surface area (Å²) in [5.74, 6) is 0. The first-order valence-electron chi connectivity index (χ1n) is 5.45. The molecule has 0 saturated carbocycles. The molecule has 82 valence electrons. The van der Waals surface area contributed by atoms with Gasteiger partial charge in [0.15, 0.2) is 0 Å². The van der Waals surface area contributed by atoms with Crippen LogP contribution >= 0.6 is 0 Å². The van der Waals surface area contributed by atoms with Gasteiger partial charge in [0.25, 0.3) is 0 Å². The van der Waals surface area contributed by atoms with Crippen LogP contribution in [0, 0.1) is 0 Å². The fraction of sp³-hybridized carbons (Fsp3) is 0.818. The highest BCUT2D eigenvalue weighted by Crippen LogP contribution is 2.08. The molecule has 0 saturated heterocycles. The molecule has 0 amide bonds. The van der Waals surface area contributed by atoms with E-state index in [0.717, 1.165) is 32.5 Å². The SMILES string of the molecule is CCOC(C)CNCC1CCC=CO1. The monoisotopic (exact) mass is 199 g/mol. The van der Waals surface area contributed by atoms with Crippen molar-refractivity contribution in [3.63, 3.8) is 0 Å². The van der Waals surface area contributed by atoms with Gasteiger partial charge in [0.2, 0.25) is 0 Å². The van der Waals surface area contributed by atoms with Gasteiger partial charge in [-0.2, -0.15) is 0 Å². The zero-order valence-electron chi connectivity index (χ0n) is 9.16. The first-order valence-corrected chi connectivity index (χ1v) is 5.45. The summed E-state index contributed by atoms with van der Waals surface area (Å²) in [6, 6.07) is 0. The van der Waals surface area contributed by atoms with Crippen molar-refractivity contribution in [2.75, 3.05) is 19.7 Å². The Morgan fingerprint density at radius 2 is 2.50 bits per heavy atom. The van der Waals surface area contributed by atoms with Crippen molar-refractivity contribution in [2.45, 2.75) is 38.9 Å². The van der Waals surface area contributed by atoms with E-state index in [9.17, 15) is 0 Å². The van der Waals surface area contributed by atoms with Crippen LogP contribution in [0.2, 0.25) is 0 Å². The van der Waals surface area contributed by atoms with E-state index < -0.39 is 0 Å². The first kappa shape index (κ1) is 11.5. The molecule has 0 aromatic heterocycles. The van der Waals surface area contributed by atoms with Gasteiger partial charge in [-0.05, 0) is 32.8 Å². The van der Waals surface area contributed by atoms with Crippen LogP contribution in [0.1, 0.15) is 26.7 Å². The topological polar surface area (TPSA) is 30.5 Å². The van der Waals surface area contributed by atoms with Gasteiger partial charge >= 0.3 is 0 Å². The second-order valence-electron chi connectivity index (χ2n) is 3.63. The van der Waals surface area contributed by atoms with Gasteiger partial charge in [0.1, 0.15) is 6.10 Å². The van der Waals surface area contributed by atoms with E-state index in [2.05, 4.69) is 18.3 Å². The van der Waals surface area contributed by atoms with Gasteiger partial charge in [-0.25, -0.2) is 0 Å². The van der Waals surface area contributed by atoms with Crippen molar-refractivity contribution >= 4 is 0 Å². The van der Waals surface area contributed by atoms with Gasteiger partial charge in [0.05, 0.1) is 12.4 Å². The molecular weight excluding hydrogens is 178 g/mol. The third-order valence-electron chi connectivity index (χ3n) is 2.28. The smallest absolute Gasteiger partial charge is 0.110 e. The molecule has 3 heteroatoms. The van der Waals surface area contributed by atoms with Gasteiger partial charge in [0, 0.05) is 19.7 Å². The second kappa shape index (κ2) is 6.85. The Balaban J connectivity index is 2.00. The van der Waals surface area contributed by atoms with Gasteiger partial charge in [-0.1, -0.05) is 0 Å². The summed E-state index contributed by atoms with van der Waals surface area (Å²) in [7, 11) is 0. The van der Waals surface area contributed by atoms with E-state index in [0.29, 0.717) is 12.2 Å². The van der Waals surface area contributed by atoms with Crippen LogP contribution in [-0.4, -0.2) is 31.9 Å². The maximum atomic E-state index is 5.44. The summed E-state index contributed by atoms with van der Waals surface area (Å²) < 4.78 is 10.8. The zero-order valence-corrected chi connectivity index (χ0v) is 9.16. The summed E-state index contributed by atoms with van der Waals surface area (Å²) in [6.45, 7) is 6.70. The Morgan fingerprint density at radius 1 is 1.64 bits per heavy atom. The van der Waals surface area contributed by atoms with E-state index in [1.807, 2.05) is 13.2 Å². The van der Waals surface area contributed by atoms with Gasteiger partial charge in [-0.15, -0.1) is 0 Å². The van der Waals surface area contributed by atoms with Crippen LogP contribution in [0.3, 0.4) is 0 Å². The summed E-state index contributed by atoms with van der Waals surface area (Å²) in [4.78, 5) is 0. The minimum atomic E-state index is 0.291. The van der Waals surface area contributed by atoms with Crippen LogP contribution < -0.4 is 5.32 Å². The molecule has 0 fully saturated rings. The molecule has 0 bridgehead atoms. The van der Waals surface area contributed by atoms with Crippen LogP contribution in [0.4, 0.5) is 0 Å². The Labute approximate surface area is 86.5 Å². The number of hydrogen-bond acceptors (Lipinski definition) is 3. The highest BCUT2D eigenvalue weighted by molar-refractivity contribution is 4.83. The molecule has 0 aliphatic carbocycles. The Kier molecular flexibility index (Phi) is 5.64. The lowest BCUT2D eigenvalue weighted by Crippen LogP contribution is -2.34. The van der Waals surface area contributed by atoms with Crippen molar-refractivity contribution in [3.05, 3.63) is 12.3 Å². The number of rotatable bonds is 6. The summed E-state index contributed by atoms with van der Waals surface area (Å²) in [6.07, 6.45) is 6.76. The standard InChI is InChI=1S/C11H21NO2/c1-3-13-10(2)8-12-9-11-6-4-5-7-14-11/h5,7,10-12H,3-4,6,8-9H2,1-2H3. The van der Waals surface area contributed by atoms with Gasteiger partial charge in [-0.3, -0.25) is 0 Å². The average molecular weight is 199 g/mol. The third-order valence-corrected chi connectivity index (χ3v) is 2.28. The maximum absolute atomic E-state index is 5.44. The number of hydrogen-bond donors (Lipinski definition) is 1. The minimum Gasteiger partial charge on any atom is -0.497 e. The molecule has 1 aliphatic heterocycles. The largest absolute Gasteiger partial charge is 0.497 e. The predicted octanol–water partition coefficient (Wildman–Crippen LogP) is 1.69. The molecule has 2 unspecified atom stereocenters. The van der Waals surface area contributed by atoms with Crippen molar-refractivity contribution in [1.29, 1.82) is 0 Å². The fourth-order valence-corrected chi connectivity index (χ4v) is 1.53. The molecule has 1 rings (SSSR count). The lowest BCUT2D eigenvalue weighted by Gasteiger charge is -2.21. The lowest BCUT2D eigenvalue weighted by atomic mass is 10.1. The molecule has 14 heavy (non-hydrogen) atoms. The molecule has 0 radical (unpaired) electrons. The molecule has 1 aliphatic rings. The van der Waals surface area contributed by atoms with Crippen LogP contribution in [0.5, 0.6) is 0 Å². The molecule has 0 aromatic rings. The van der Waals surface area contributed by atoms with E-state index in [1.165, 1.54) is 0 Å². The van der Waals surface area contributed by atoms with Crippen LogP contribution in [0.15, 0.2) is 12.3 Å². The van der Waals surface area contributed by atoms with E-state index in [4.69, 9.17) is 9.47 Å². The normalized spacial score (nSPS) is 23.1. The van der Waals surface area contributed by atoms with Crippen molar-refractivity contribution in [3.8, 4) is 0 Å². The summed E-state index contributed by atoms with van der Waals surface area (Å²) in [5, 5.41) is 3.36. The third kappa shape index (κ3) is 4.63. The Hall–Kier alpha value is -0.540. The number of allylic oxidation sites excluding steroid dienone is 1. The quantitative estimate of drug-likeness (QED) is 0.706. The van der Waals surface area contributed by atoms with Crippen molar-refractivity contribution in [2.24, 2.45) is 0 Å². The minimum absolute atomic E-state index is 0.291. The van der Waals surface area contributed by atoms with E-state index in [1.54, 1.807) is 0 Å². The van der Waals surface area contributed by atoms with E-state index in [-0.39, 0.29) is 0 Å². The fourth-order valence-electron chi connectivity index (χ4n) is 1.53. The molecule has 1 heterocycles. The molecule has 1 N–H and O–H groups in total. The maximum Gasteiger partial charge on any atom is 0.110 e. The zero-order chi connectivity index (χ0) is 10.2. The molecular formula is C11H21NO2. The van der Waals surface area contributed by atoms with Crippen LogP contribution in [-0.2, 0) is 9.47 Å². The lowest BCUT2D eigenvalue weighted by molar-refractivity contribution is 0.0692. The summed E-state index contributed by atoms with van der Waals surface area (Å²) in [5.41, 5.74) is 0. The second-order valence-corrected chi connectivity index (χ2v) is 3.63. The average Bonchev–Trinajstić information content (AvgIpc) is 2.20. The first-order chi connectivity index (χ1) is 6.83. The molecule has 0 spiro atoms. The van der Waals surface area contributed by atoms with Crippen molar-refractivity contribution < 1.29 is 9.47 Å². The Bertz CT molecular complexity index is 171. The number of nitrogens with one attached hydrogen (secondary N) is 1. The number of ether oxygens (including phenoxy) is 2. The molecule has 0 aromatic carbocycles. The predicted molar refractivity (Wildman–Crippen MR) is 57.2 cm³/mol.